The summed E-state index contributed by atoms with van der Waals surface area (Å²) in [6, 6.07) is 4.03. The molecule has 1 aromatic carbocycles. The zero-order chi connectivity index (χ0) is 18.9. The summed E-state index contributed by atoms with van der Waals surface area (Å²) in [4.78, 5) is 26.7. The molecule has 142 valence electrons. The van der Waals surface area contributed by atoms with E-state index in [1.165, 1.54) is 19.1 Å². The molecule has 1 aliphatic heterocycles. The van der Waals surface area contributed by atoms with Crippen molar-refractivity contribution >= 4 is 11.9 Å². The van der Waals surface area contributed by atoms with Gasteiger partial charge in [-0.3, -0.25) is 9.69 Å². The van der Waals surface area contributed by atoms with Gasteiger partial charge in [0, 0.05) is 0 Å². The first kappa shape index (κ1) is 18.5. The maximum atomic E-state index is 13.5. The Balaban J connectivity index is 2.05. The lowest BCUT2D eigenvalue weighted by Gasteiger charge is -2.42. The van der Waals surface area contributed by atoms with Gasteiger partial charge in [-0.05, 0) is 43.7 Å². The molecule has 3 rings (SSSR count). The molecular weight excluding hydrogens is 338 g/mol. The standard InChI is InChI=1S/C19H25NO6/c1-12-7-9-19(10-8-12)20(13(11-26-19)18(22)23)17(21)16-14(24-2)5-4-6-15(16)25-3/h4-6,12-13H,7-11H2,1-3H3,(H,22,23). The van der Waals surface area contributed by atoms with Gasteiger partial charge in [0.1, 0.15) is 22.8 Å². The molecule has 1 aliphatic carbocycles. The summed E-state index contributed by atoms with van der Waals surface area (Å²) in [5.74, 6) is -0.262. The van der Waals surface area contributed by atoms with E-state index >= 15 is 0 Å². The third kappa shape index (κ3) is 3.00. The number of carboxylic acids is 1. The maximum absolute atomic E-state index is 13.5. The van der Waals surface area contributed by atoms with Gasteiger partial charge in [0.15, 0.2) is 6.04 Å². The third-order valence-electron chi connectivity index (χ3n) is 5.46. The van der Waals surface area contributed by atoms with Crippen molar-refractivity contribution in [3.63, 3.8) is 0 Å². The van der Waals surface area contributed by atoms with Crippen molar-refractivity contribution in [1.82, 2.24) is 4.90 Å². The topological polar surface area (TPSA) is 85.3 Å². The van der Waals surface area contributed by atoms with Crippen LogP contribution < -0.4 is 9.47 Å². The molecule has 2 fully saturated rings. The second-order valence-electron chi connectivity index (χ2n) is 7.01. The smallest absolute Gasteiger partial charge is 0.328 e. The maximum Gasteiger partial charge on any atom is 0.328 e. The third-order valence-corrected chi connectivity index (χ3v) is 5.46. The van der Waals surface area contributed by atoms with Gasteiger partial charge < -0.3 is 19.3 Å². The molecule has 1 unspecified atom stereocenters. The molecule has 0 radical (unpaired) electrons. The Morgan fingerprint density at radius 3 is 2.27 bits per heavy atom. The number of aliphatic carboxylic acids is 1. The van der Waals surface area contributed by atoms with Gasteiger partial charge in [-0.2, -0.15) is 0 Å². The molecular formula is C19H25NO6. The number of hydrogen-bond donors (Lipinski definition) is 1. The fraction of sp³-hybridized carbons (Fsp3) is 0.579. The van der Waals surface area contributed by atoms with Crippen molar-refractivity contribution < 1.29 is 28.9 Å². The lowest BCUT2D eigenvalue weighted by Crippen LogP contribution is -2.55. The molecule has 1 saturated heterocycles. The van der Waals surface area contributed by atoms with Crippen molar-refractivity contribution in [2.75, 3.05) is 20.8 Å². The molecule has 0 aromatic heterocycles. The van der Waals surface area contributed by atoms with E-state index in [1.54, 1.807) is 18.2 Å². The number of carbonyl (C=O) groups excluding carboxylic acids is 1. The molecule has 1 N–H and O–H groups in total. The fourth-order valence-electron chi connectivity index (χ4n) is 3.95. The van der Waals surface area contributed by atoms with Crippen LogP contribution in [0, 0.1) is 5.92 Å². The Hall–Kier alpha value is -2.28. The minimum atomic E-state index is -1.07. The largest absolute Gasteiger partial charge is 0.496 e. The van der Waals surface area contributed by atoms with Crippen LogP contribution in [0.2, 0.25) is 0 Å². The van der Waals surface area contributed by atoms with Crippen LogP contribution in [0.5, 0.6) is 11.5 Å². The molecule has 1 atom stereocenters. The summed E-state index contributed by atoms with van der Waals surface area (Å²) in [5, 5.41) is 9.66. The number of rotatable bonds is 4. The van der Waals surface area contributed by atoms with Crippen molar-refractivity contribution in [3.05, 3.63) is 23.8 Å². The first-order valence-corrected chi connectivity index (χ1v) is 8.85. The zero-order valence-electron chi connectivity index (χ0n) is 15.4. The molecule has 1 aromatic rings. The summed E-state index contributed by atoms with van der Waals surface area (Å²) in [5.41, 5.74) is -0.648. The number of benzene rings is 1. The molecule has 1 heterocycles. The second-order valence-corrected chi connectivity index (χ2v) is 7.01. The van der Waals surface area contributed by atoms with E-state index in [4.69, 9.17) is 14.2 Å². The predicted molar refractivity (Wildman–Crippen MR) is 93.5 cm³/mol. The van der Waals surface area contributed by atoms with Crippen molar-refractivity contribution in [2.24, 2.45) is 5.92 Å². The number of amides is 1. The van der Waals surface area contributed by atoms with E-state index in [2.05, 4.69) is 6.92 Å². The van der Waals surface area contributed by atoms with E-state index in [-0.39, 0.29) is 12.2 Å². The Morgan fingerprint density at radius 2 is 1.77 bits per heavy atom. The van der Waals surface area contributed by atoms with Crippen LogP contribution in [-0.2, 0) is 9.53 Å². The Morgan fingerprint density at radius 1 is 1.19 bits per heavy atom. The molecule has 2 aliphatic rings. The summed E-state index contributed by atoms with van der Waals surface area (Å²) < 4.78 is 16.6. The molecule has 1 amide bonds. The average molecular weight is 363 g/mol. The zero-order valence-corrected chi connectivity index (χ0v) is 15.4. The fourth-order valence-corrected chi connectivity index (χ4v) is 3.95. The highest BCUT2D eigenvalue weighted by atomic mass is 16.5. The van der Waals surface area contributed by atoms with Crippen LogP contribution in [0.15, 0.2) is 18.2 Å². The average Bonchev–Trinajstić information content (AvgIpc) is 3.02. The van der Waals surface area contributed by atoms with Crippen LogP contribution >= 0.6 is 0 Å². The Labute approximate surface area is 152 Å². The number of ether oxygens (including phenoxy) is 3. The number of carbonyl (C=O) groups is 2. The highest BCUT2D eigenvalue weighted by Crippen LogP contribution is 2.44. The van der Waals surface area contributed by atoms with Crippen molar-refractivity contribution in [1.29, 1.82) is 0 Å². The van der Waals surface area contributed by atoms with Crippen LogP contribution in [0.1, 0.15) is 43.0 Å². The molecule has 7 nitrogen and oxygen atoms in total. The van der Waals surface area contributed by atoms with E-state index < -0.39 is 23.6 Å². The first-order valence-electron chi connectivity index (χ1n) is 8.85. The lowest BCUT2D eigenvalue weighted by atomic mass is 9.83. The highest BCUT2D eigenvalue weighted by molar-refractivity contribution is 6.02. The van der Waals surface area contributed by atoms with Gasteiger partial charge >= 0.3 is 5.97 Å². The highest BCUT2D eigenvalue weighted by Gasteiger charge is 2.54. The summed E-state index contributed by atoms with van der Waals surface area (Å²) >= 11 is 0. The van der Waals surface area contributed by atoms with Crippen LogP contribution in [-0.4, -0.2) is 54.5 Å². The minimum absolute atomic E-state index is 0.00702. The number of methoxy groups -OCH3 is 2. The summed E-state index contributed by atoms with van der Waals surface area (Å²) in [6.45, 7) is 2.15. The molecule has 0 bridgehead atoms. The van der Waals surface area contributed by atoms with Gasteiger partial charge in [-0.1, -0.05) is 13.0 Å². The van der Waals surface area contributed by atoms with Gasteiger partial charge in [0.2, 0.25) is 0 Å². The SMILES string of the molecule is COc1cccc(OC)c1C(=O)N1C(C(=O)O)COC12CCC(C)CC2. The second kappa shape index (κ2) is 7.15. The summed E-state index contributed by atoms with van der Waals surface area (Å²) in [7, 11) is 2.94. The van der Waals surface area contributed by atoms with Gasteiger partial charge in [-0.25, -0.2) is 4.79 Å². The van der Waals surface area contributed by atoms with Crippen molar-refractivity contribution in [2.45, 2.75) is 44.4 Å². The summed E-state index contributed by atoms with van der Waals surface area (Å²) in [6.07, 6.45) is 3.03. The van der Waals surface area contributed by atoms with E-state index in [1.807, 2.05) is 0 Å². The van der Waals surface area contributed by atoms with E-state index in [9.17, 15) is 14.7 Å². The van der Waals surface area contributed by atoms with E-state index in [0.29, 0.717) is 30.3 Å². The quantitative estimate of drug-likeness (QED) is 0.885. The van der Waals surface area contributed by atoms with Crippen molar-refractivity contribution in [3.8, 4) is 11.5 Å². The lowest BCUT2D eigenvalue weighted by molar-refractivity contribution is -0.143. The van der Waals surface area contributed by atoms with E-state index in [0.717, 1.165) is 12.8 Å². The molecule has 1 saturated carbocycles. The van der Waals surface area contributed by atoms with Crippen LogP contribution in [0.3, 0.4) is 0 Å². The normalized spacial score (nSPS) is 28.2. The monoisotopic (exact) mass is 363 g/mol. The number of hydrogen-bond acceptors (Lipinski definition) is 5. The molecule has 26 heavy (non-hydrogen) atoms. The van der Waals surface area contributed by atoms with Crippen LogP contribution in [0.25, 0.3) is 0 Å². The van der Waals surface area contributed by atoms with Gasteiger partial charge in [0.25, 0.3) is 5.91 Å². The molecule has 7 heteroatoms. The Kier molecular flexibility index (Phi) is 5.09. The van der Waals surface area contributed by atoms with Gasteiger partial charge in [-0.15, -0.1) is 0 Å². The van der Waals surface area contributed by atoms with Gasteiger partial charge in [0.05, 0.1) is 20.8 Å². The number of carboxylic acid groups (broad SMARTS) is 1. The first-order chi connectivity index (χ1) is 12.4. The minimum Gasteiger partial charge on any atom is -0.496 e. The number of nitrogens with zero attached hydrogens (tertiary/aromatic N) is 1. The molecule has 1 spiro atoms. The predicted octanol–water partition coefficient (Wildman–Crippen LogP) is 2.54. The van der Waals surface area contributed by atoms with Crippen LogP contribution in [0.4, 0.5) is 0 Å². The Bertz CT molecular complexity index is 673.